The molecule has 2 N–H and O–H groups in total. The van der Waals surface area contributed by atoms with Gasteiger partial charge in [0.15, 0.2) is 5.65 Å². The van der Waals surface area contributed by atoms with E-state index in [1.807, 2.05) is 5.10 Å². The highest BCUT2D eigenvalue weighted by atomic mass is 32.2. The lowest BCUT2D eigenvalue weighted by Crippen LogP contribution is -2.36. The molecule has 170 valence electrons. The Bertz CT molecular complexity index is 1530. The summed E-state index contributed by atoms with van der Waals surface area (Å²) in [5.41, 5.74) is -3.91. The number of halogens is 3. The zero-order valence-corrected chi connectivity index (χ0v) is 17.7. The van der Waals surface area contributed by atoms with Crippen molar-refractivity contribution in [3.63, 3.8) is 0 Å². The molecule has 12 heteroatoms. The van der Waals surface area contributed by atoms with Gasteiger partial charge in [0.05, 0.1) is 16.2 Å². The Morgan fingerprint density at radius 3 is 2.18 bits per heavy atom. The lowest BCUT2D eigenvalue weighted by atomic mass is 10.1. The summed E-state index contributed by atoms with van der Waals surface area (Å²) in [5.74, 6) is -1.31. The molecule has 0 fully saturated rings. The fourth-order valence-corrected chi connectivity index (χ4v) is 4.33. The fraction of sp³-hybridized carbons (Fsp3) is 0.0952. The van der Waals surface area contributed by atoms with Gasteiger partial charge in [-0.15, -0.1) is 0 Å². The number of aryl methyl sites for hydroxylation is 1. The molecule has 0 saturated carbocycles. The van der Waals surface area contributed by atoms with Crippen LogP contribution in [0.5, 0.6) is 0 Å². The third kappa shape index (κ3) is 4.00. The van der Waals surface area contributed by atoms with Crippen molar-refractivity contribution in [1.29, 1.82) is 0 Å². The number of benzene rings is 2. The molecule has 2 aromatic carbocycles. The summed E-state index contributed by atoms with van der Waals surface area (Å²) in [5, 5.41) is 1.98. The molecule has 0 bridgehead atoms. The number of fused-ring (bicyclic) bond motifs is 1. The van der Waals surface area contributed by atoms with Gasteiger partial charge in [-0.25, -0.2) is 18.1 Å². The quantitative estimate of drug-likeness (QED) is 0.470. The van der Waals surface area contributed by atoms with E-state index >= 15 is 0 Å². The van der Waals surface area contributed by atoms with Crippen molar-refractivity contribution in [2.45, 2.75) is 18.0 Å². The largest absolute Gasteiger partial charge is 0.433 e. The van der Waals surface area contributed by atoms with Gasteiger partial charge in [0.2, 0.25) is 0 Å². The standard InChI is InChI=1S/C21H15F3N4O4S/c1-12-15(19(29)27-33(31,32)14-10-6-3-7-11-14)20(30)28-18(25-12)16(13-8-4-2-5-9-13)17(26-28)21(22,23)24/h2-11,26H,1H3,(H,27,29). The zero-order chi connectivity index (χ0) is 24.0. The van der Waals surface area contributed by atoms with Gasteiger partial charge in [0, 0.05) is 0 Å². The molecule has 1 amide bonds. The minimum Gasteiger partial charge on any atom is -0.284 e. The number of rotatable bonds is 4. The molecule has 0 saturated heterocycles. The highest BCUT2D eigenvalue weighted by molar-refractivity contribution is 7.90. The summed E-state index contributed by atoms with van der Waals surface area (Å²) in [6.07, 6.45) is -4.86. The molecular formula is C21H15F3N4O4S. The average Bonchev–Trinajstić information content (AvgIpc) is 3.15. The van der Waals surface area contributed by atoms with Crippen molar-refractivity contribution in [2.75, 3.05) is 0 Å². The summed E-state index contributed by atoms with van der Waals surface area (Å²) < 4.78 is 68.4. The molecule has 4 aromatic rings. The Morgan fingerprint density at radius 2 is 1.61 bits per heavy atom. The van der Waals surface area contributed by atoms with Gasteiger partial charge < -0.3 is 0 Å². The fourth-order valence-electron chi connectivity index (χ4n) is 3.35. The van der Waals surface area contributed by atoms with Crippen molar-refractivity contribution in [3.8, 4) is 11.1 Å². The van der Waals surface area contributed by atoms with Crippen LogP contribution in [0.2, 0.25) is 0 Å². The first-order valence-electron chi connectivity index (χ1n) is 9.41. The van der Waals surface area contributed by atoms with Crippen LogP contribution in [-0.2, 0) is 16.2 Å². The number of hydrogen-bond donors (Lipinski definition) is 2. The summed E-state index contributed by atoms with van der Waals surface area (Å²) in [6, 6.07) is 14.5. The van der Waals surface area contributed by atoms with Crippen LogP contribution in [0, 0.1) is 6.92 Å². The minimum absolute atomic E-state index is 0.152. The first-order chi connectivity index (χ1) is 15.5. The Morgan fingerprint density at radius 1 is 1.03 bits per heavy atom. The third-order valence-electron chi connectivity index (χ3n) is 4.81. The highest BCUT2D eigenvalue weighted by Gasteiger charge is 2.38. The van der Waals surface area contributed by atoms with Crippen molar-refractivity contribution < 1.29 is 26.4 Å². The van der Waals surface area contributed by atoms with Gasteiger partial charge in [-0.2, -0.15) is 17.7 Å². The van der Waals surface area contributed by atoms with Crippen LogP contribution in [0.4, 0.5) is 13.2 Å². The van der Waals surface area contributed by atoms with Crippen molar-refractivity contribution >= 4 is 21.6 Å². The number of carbonyl (C=O) groups excluding carboxylic acids is 1. The number of nitrogens with one attached hydrogen (secondary N) is 2. The predicted octanol–water partition coefficient (Wildman–Crippen LogP) is 3.14. The van der Waals surface area contributed by atoms with Crippen LogP contribution in [0.1, 0.15) is 21.7 Å². The van der Waals surface area contributed by atoms with Crippen LogP contribution in [0.25, 0.3) is 16.8 Å². The van der Waals surface area contributed by atoms with Crippen molar-refractivity contribution in [3.05, 3.63) is 88.0 Å². The van der Waals surface area contributed by atoms with Crippen LogP contribution < -0.4 is 10.3 Å². The van der Waals surface area contributed by atoms with E-state index in [9.17, 15) is 31.2 Å². The molecule has 2 aromatic heterocycles. The van der Waals surface area contributed by atoms with E-state index < -0.39 is 38.9 Å². The summed E-state index contributed by atoms with van der Waals surface area (Å²) in [7, 11) is -4.33. The number of amides is 1. The number of aromatic amines is 1. The van der Waals surface area contributed by atoms with Gasteiger partial charge in [0.25, 0.3) is 21.5 Å². The Balaban J connectivity index is 1.89. The monoisotopic (exact) mass is 476 g/mol. The number of H-pyrrole nitrogens is 1. The van der Waals surface area contributed by atoms with E-state index in [-0.39, 0.29) is 27.4 Å². The van der Waals surface area contributed by atoms with Gasteiger partial charge in [-0.3, -0.25) is 14.7 Å². The minimum atomic E-state index is -4.86. The normalized spacial score (nSPS) is 12.1. The number of nitrogens with zero attached hydrogens (tertiary/aromatic N) is 2. The smallest absolute Gasteiger partial charge is 0.284 e. The number of alkyl halides is 3. The number of hydrogen-bond acceptors (Lipinski definition) is 5. The molecule has 2 heterocycles. The number of aromatic nitrogens is 3. The van der Waals surface area contributed by atoms with Crippen molar-refractivity contribution in [1.82, 2.24) is 19.3 Å². The van der Waals surface area contributed by atoms with Crippen LogP contribution in [0.3, 0.4) is 0 Å². The molecule has 0 aliphatic heterocycles. The van der Waals surface area contributed by atoms with E-state index in [1.54, 1.807) is 16.9 Å². The van der Waals surface area contributed by atoms with Crippen LogP contribution >= 0.6 is 0 Å². The first-order valence-corrected chi connectivity index (χ1v) is 10.9. The van der Waals surface area contributed by atoms with Gasteiger partial charge in [-0.1, -0.05) is 48.5 Å². The lowest BCUT2D eigenvalue weighted by Gasteiger charge is -2.09. The average molecular weight is 476 g/mol. The Labute approximate surface area is 184 Å². The molecular weight excluding hydrogens is 461 g/mol. The molecule has 0 radical (unpaired) electrons. The second-order valence-corrected chi connectivity index (χ2v) is 8.69. The number of carbonyl (C=O) groups is 1. The van der Waals surface area contributed by atoms with Gasteiger partial charge >= 0.3 is 6.18 Å². The maximum Gasteiger partial charge on any atom is 0.433 e. The summed E-state index contributed by atoms with van der Waals surface area (Å²) in [4.78, 5) is 29.5. The lowest BCUT2D eigenvalue weighted by molar-refractivity contribution is -0.140. The van der Waals surface area contributed by atoms with Crippen molar-refractivity contribution in [2.24, 2.45) is 0 Å². The topological polar surface area (TPSA) is 113 Å². The predicted molar refractivity (Wildman–Crippen MR) is 112 cm³/mol. The molecule has 4 rings (SSSR count). The third-order valence-corrected chi connectivity index (χ3v) is 6.16. The maximum absolute atomic E-state index is 13.7. The zero-order valence-electron chi connectivity index (χ0n) is 16.8. The molecule has 0 unspecified atom stereocenters. The highest BCUT2D eigenvalue weighted by Crippen LogP contribution is 2.38. The molecule has 0 spiro atoms. The van der Waals surface area contributed by atoms with Gasteiger partial charge in [0.1, 0.15) is 11.3 Å². The van der Waals surface area contributed by atoms with E-state index in [0.717, 1.165) is 0 Å². The number of sulfonamides is 1. The maximum atomic E-state index is 13.7. The molecule has 33 heavy (non-hydrogen) atoms. The molecule has 8 nitrogen and oxygen atoms in total. The molecule has 0 aliphatic carbocycles. The van der Waals surface area contributed by atoms with Crippen LogP contribution in [-0.4, -0.2) is 28.9 Å². The van der Waals surface area contributed by atoms with E-state index in [0.29, 0.717) is 4.52 Å². The summed E-state index contributed by atoms with van der Waals surface area (Å²) >= 11 is 0. The second kappa shape index (κ2) is 7.89. The molecule has 0 atom stereocenters. The van der Waals surface area contributed by atoms with E-state index in [4.69, 9.17) is 0 Å². The Kier molecular flexibility index (Phi) is 5.32. The molecule has 0 aliphatic rings. The SMILES string of the molecule is Cc1nc2c(-c3ccccc3)c(C(F)(F)F)[nH]n2c(=O)c1C(=O)NS(=O)(=O)c1ccccc1. The van der Waals surface area contributed by atoms with Crippen LogP contribution in [0.15, 0.2) is 70.4 Å². The Hall–Kier alpha value is -3.93. The second-order valence-electron chi connectivity index (χ2n) is 7.01. The van der Waals surface area contributed by atoms with E-state index in [1.165, 1.54) is 55.5 Å². The summed E-state index contributed by atoms with van der Waals surface area (Å²) in [6.45, 7) is 1.24. The van der Waals surface area contributed by atoms with E-state index in [2.05, 4.69) is 4.98 Å². The first kappa shape index (κ1) is 22.3. The van der Waals surface area contributed by atoms with Gasteiger partial charge in [-0.05, 0) is 24.6 Å².